The van der Waals surface area contributed by atoms with Crippen LogP contribution in [0.25, 0.3) is 11.4 Å². The van der Waals surface area contributed by atoms with Crippen LogP contribution in [0.4, 0.5) is 0 Å². The van der Waals surface area contributed by atoms with Crippen LogP contribution < -0.4 is 0 Å². The molecule has 1 unspecified atom stereocenters. The van der Waals surface area contributed by atoms with Crippen LogP contribution in [0, 0.1) is 0 Å². The van der Waals surface area contributed by atoms with Gasteiger partial charge in [0.2, 0.25) is 10.0 Å². The number of sulfonamides is 1. The van der Waals surface area contributed by atoms with Crippen LogP contribution in [0.3, 0.4) is 0 Å². The molecule has 2 rings (SSSR count). The van der Waals surface area contributed by atoms with Crippen LogP contribution >= 0.6 is 11.8 Å². The van der Waals surface area contributed by atoms with Gasteiger partial charge >= 0.3 is 5.97 Å². The van der Waals surface area contributed by atoms with Gasteiger partial charge in [0.15, 0.2) is 11.0 Å². The molecule has 29 heavy (non-hydrogen) atoms. The van der Waals surface area contributed by atoms with Gasteiger partial charge in [0, 0.05) is 24.7 Å². The van der Waals surface area contributed by atoms with Crippen molar-refractivity contribution in [2.75, 3.05) is 26.0 Å². The molecule has 0 aliphatic heterocycles. The topological polar surface area (TPSA) is 94.4 Å². The quantitative estimate of drug-likeness (QED) is 0.413. The number of methoxy groups -OCH3 is 1. The number of carbonyl (C=O) groups excluding carboxylic acids is 1. The number of carbonyl (C=O) groups is 1. The van der Waals surface area contributed by atoms with Crippen molar-refractivity contribution >= 4 is 27.8 Å². The predicted octanol–water partition coefficient (Wildman–Crippen LogP) is 3.21. The SMILES string of the molecule is CCC(C)n1c(SCC(=O)OC)nnc1-c1cccc(S(=O)(=O)N(CC)CC)c1. The monoisotopic (exact) mass is 440 g/mol. The van der Waals surface area contributed by atoms with E-state index in [0.717, 1.165) is 6.42 Å². The zero-order chi connectivity index (χ0) is 21.6. The molecule has 0 aliphatic rings. The van der Waals surface area contributed by atoms with E-state index in [-0.39, 0.29) is 22.7 Å². The van der Waals surface area contributed by atoms with Gasteiger partial charge in [-0.05, 0) is 25.5 Å². The highest BCUT2D eigenvalue weighted by molar-refractivity contribution is 7.99. The fraction of sp³-hybridized carbons (Fsp3) is 0.526. The van der Waals surface area contributed by atoms with Crippen LogP contribution in [-0.4, -0.2) is 59.4 Å². The summed E-state index contributed by atoms with van der Waals surface area (Å²) < 4.78 is 33.9. The molecule has 2 aromatic rings. The Morgan fingerprint density at radius 2 is 1.93 bits per heavy atom. The summed E-state index contributed by atoms with van der Waals surface area (Å²) >= 11 is 1.25. The fourth-order valence-corrected chi connectivity index (χ4v) is 5.22. The van der Waals surface area contributed by atoms with Gasteiger partial charge in [-0.2, -0.15) is 4.31 Å². The zero-order valence-corrected chi connectivity index (χ0v) is 19.1. The van der Waals surface area contributed by atoms with E-state index in [1.807, 2.05) is 38.3 Å². The Bertz CT molecular complexity index is 939. The summed E-state index contributed by atoms with van der Waals surface area (Å²) in [5.41, 5.74) is 0.663. The Morgan fingerprint density at radius 1 is 1.24 bits per heavy atom. The summed E-state index contributed by atoms with van der Waals surface area (Å²) in [6.07, 6.45) is 0.828. The van der Waals surface area contributed by atoms with Crippen molar-refractivity contribution in [1.82, 2.24) is 19.1 Å². The summed E-state index contributed by atoms with van der Waals surface area (Å²) in [6, 6.07) is 6.82. The van der Waals surface area contributed by atoms with Crippen LogP contribution in [0.1, 0.15) is 40.2 Å². The molecule has 0 saturated carbocycles. The van der Waals surface area contributed by atoms with E-state index in [9.17, 15) is 13.2 Å². The normalized spacial score (nSPS) is 12.9. The number of esters is 1. The zero-order valence-electron chi connectivity index (χ0n) is 17.5. The second-order valence-corrected chi connectivity index (χ2v) is 9.30. The van der Waals surface area contributed by atoms with Crippen LogP contribution in [-0.2, 0) is 19.6 Å². The summed E-state index contributed by atoms with van der Waals surface area (Å²) in [5.74, 6) is 0.354. The molecule has 0 bridgehead atoms. The molecule has 0 saturated heterocycles. The number of thioether (sulfide) groups is 1. The second-order valence-electron chi connectivity index (χ2n) is 6.42. The van der Waals surface area contributed by atoms with Crippen LogP contribution in [0.5, 0.6) is 0 Å². The highest BCUT2D eigenvalue weighted by Gasteiger charge is 2.24. The van der Waals surface area contributed by atoms with Crippen LogP contribution in [0.2, 0.25) is 0 Å². The number of hydrogen-bond donors (Lipinski definition) is 0. The lowest BCUT2D eigenvalue weighted by Gasteiger charge is -2.19. The molecule has 0 N–H and O–H groups in total. The Labute approximate surface area is 176 Å². The Morgan fingerprint density at radius 3 is 2.52 bits per heavy atom. The fourth-order valence-electron chi connectivity index (χ4n) is 2.84. The molecular weight excluding hydrogens is 412 g/mol. The van der Waals surface area contributed by atoms with Crippen molar-refractivity contribution in [1.29, 1.82) is 0 Å². The van der Waals surface area contributed by atoms with Crippen molar-refractivity contribution in [2.24, 2.45) is 0 Å². The summed E-state index contributed by atoms with van der Waals surface area (Å²) in [4.78, 5) is 11.7. The third kappa shape index (κ3) is 5.18. The summed E-state index contributed by atoms with van der Waals surface area (Å²) in [5, 5.41) is 9.13. The molecule has 0 spiro atoms. The molecule has 1 heterocycles. The van der Waals surface area contributed by atoms with Gasteiger partial charge in [-0.3, -0.25) is 9.36 Å². The molecule has 1 aromatic heterocycles. The molecule has 8 nitrogen and oxygen atoms in total. The van der Waals surface area contributed by atoms with Gasteiger partial charge < -0.3 is 4.74 Å². The van der Waals surface area contributed by atoms with Gasteiger partial charge in [-0.1, -0.05) is 44.7 Å². The first-order valence-corrected chi connectivity index (χ1v) is 12.0. The third-order valence-corrected chi connectivity index (χ3v) is 7.64. The van der Waals surface area contributed by atoms with Crippen LogP contribution in [0.15, 0.2) is 34.3 Å². The lowest BCUT2D eigenvalue weighted by molar-refractivity contribution is -0.137. The van der Waals surface area contributed by atoms with E-state index in [4.69, 9.17) is 4.74 Å². The Balaban J connectivity index is 2.49. The smallest absolute Gasteiger partial charge is 0.316 e. The molecule has 0 aliphatic carbocycles. The van der Waals surface area contributed by atoms with Crippen molar-refractivity contribution < 1.29 is 17.9 Å². The van der Waals surface area contributed by atoms with E-state index < -0.39 is 10.0 Å². The maximum absolute atomic E-state index is 12.9. The Hall–Kier alpha value is -1.91. The molecule has 0 radical (unpaired) electrons. The molecule has 0 amide bonds. The van der Waals surface area contributed by atoms with E-state index in [1.165, 1.54) is 23.2 Å². The first-order chi connectivity index (χ1) is 13.8. The number of benzene rings is 1. The number of rotatable bonds is 10. The van der Waals surface area contributed by atoms with Gasteiger partial charge in [0.1, 0.15) is 0 Å². The summed E-state index contributed by atoms with van der Waals surface area (Å²) in [7, 11) is -2.24. The summed E-state index contributed by atoms with van der Waals surface area (Å²) in [6.45, 7) is 8.52. The predicted molar refractivity (Wildman–Crippen MR) is 113 cm³/mol. The number of ether oxygens (including phenoxy) is 1. The first-order valence-electron chi connectivity index (χ1n) is 9.55. The molecule has 1 aromatic carbocycles. The van der Waals surface area contributed by atoms with Gasteiger partial charge in [0.05, 0.1) is 17.8 Å². The maximum atomic E-state index is 12.9. The minimum Gasteiger partial charge on any atom is -0.468 e. The molecule has 1 atom stereocenters. The lowest BCUT2D eigenvalue weighted by atomic mass is 10.2. The van der Waals surface area contributed by atoms with E-state index in [2.05, 4.69) is 10.2 Å². The third-order valence-electron chi connectivity index (χ3n) is 4.68. The van der Waals surface area contributed by atoms with Crippen molar-refractivity contribution in [3.8, 4) is 11.4 Å². The van der Waals surface area contributed by atoms with E-state index in [0.29, 0.717) is 29.6 Å². The molecular formula is C19H28N4O4S2. The first kappa shape index (κ1) is 23.4. The molecule has 0 fully saturated rings. The lowest BCUT2D eigenvalue weighted by Crippen LogP contribution is -2.30. The van der Waals surface area contributed by atoms with E-state index in [1.54, 1.807) is 18.2 Å². The Kier molecular flexibility index (Phi) is 8.23. The van der Waals surface area contributed by atoms with Gasteiger partial charge in [-0.15, -0.1) is 10.2 Å². The molecule has 160 valence electrons. The minimum absolute atomic E-state index is 0.0724. The van der Waals surface area contributed by atoms with Gasteiger partial charge in [-0.25, -0.2) is 8.42 Å². The second kappa shape index (κ2) is 10.2. The number of nitrogens with zero attached hydrogens (tertiary/aromatic N) is 4. The number of aromatic nitrogens is 3. The molecule has 10 heteroatoms. The standard InChI is InChI=1S/C19H28N4O4S2/c1-6-14(4)23-18(20-21-19(23)28-13-17(24)27-5)15-10-9-11-16(12-15)29(25,26)22(7-2)8-3/h9-12,14H,6-8,13H2,1-5H3. The van der Waals surface area contributed by atoms with E-state index >= 15 is 0 Å². The average Bonchev–Trinajstić information content (AvgIpc) is 3.16. The minimum atomic E-state index is -3.58. The van der Waals surface area contributed by atoms with Gasteiger partial charge in [0.25, 0.3) is 0 Å². The average molecular weight is 441 g/mol. The largest absolute Gasteiger partial charge is 0.468 e. The number of hydrogen-bond acceptors (Lipinski definition) is 7. The van der Waals surface area contributed by atoms with Crippen molar-refractivity contribution in [3.05, 3.63) is 24.3 Å². The highest BCUT2D eigenvalue weighted by atomic mass is 32.2. The van der Waals surface area contributed by atoms with Crippen molar-refractivity contribution in [3.63, 3.8) is 0 Å². The highest BCUT2D eigenvalue weighted by Crippen LogP contribution is 2.30. The maximum Gasteiger partial charge on any atom is 0.316 e. The van der Waals surface area contributed by atoms with Crippen molar-refractivity contribution in [2.45, 2.75) is 50.2 Å².